The Bertz CT molecular complexity index is 1510. The number of nitrogens with zero attached hydrogens (tertiary/aromatic N) is 1. The summed E-state index contributed by atoms with van der Waals surface area (Å²) in [5.74, 6) is -5.51. The lowest BCUT2D eigenvalue weighted by atomic mass is 9.97. The fourth-order valence-electron chi connectivity index (χ4n) is 6.63. The summed E-state index contributed by atoms with van der Waals surface area (Å²) < 4.78 is 0. The monoisotopic (exact) mass is 818 g/mol. The van der Waals surface area contributed by atoms with Gasteiger partial charge in [-0.15, -0.1) is 0 Å². The highest BCUT2D eigenvalue weighted by molar-refractivity contribution is 5.96. The molecule has 1 aliphatic heterocycles. The minimum atomic E-state index is -1.19. The van der Waals surface area contributed by atoms with Gasteiger partial charge in [-0.05, 0) is 87.6 Å². The molecule has 1 aromatic carbocycles. The van der Waals surface area contributed by atoms with E-state index in [2.05, 4.69) is 26.6 Å². The first-order chi connectivity index (χ1) is 27.6. The summed E-state index contributed by atoms with van der Waals surface area (Å²) in [6.07, 6.45) is 4.77. The summed E-state index contributed by atoms with van der Waals surface area (Å²) in [4.78, 5) is 94.1. The van der Waals surface area contributed by atoms with Crippen molar-refractivity contribution in [3.8, 4) is 5.75 Å². The third-order valence-electron chi connectivity index (χ3n) is 10.8. The molecule has 6 amide bonds. The van der Waals surface area contributed by atoms with Crippen LogP contribution in [-0.4, -0.2) is 119 Å². The zero-order valence-electron chi connectivity index (χ0n) is 34.5. The lowest BCUT2D eigenvalue weighted by Crippen LogP contribution is -2.59. The largest absolute Gasteiger partial charge is 0.508 e. The van der Waals surface area contributed by atoms with Gasteiger partial charge < -0.3 is 58.9 Å². The van der Waals surface area contributed by atoms with E-state index in [1.807, 2.05) is 13.8 Å². The summed E-state index contributed by atoms with van der Waals surface area (Å²) >= 11 is 0. The minimum absolute atomic E-state index is 0.0262. The van der Waals surface area contributed by atoms with Crippen LogP contribution in [0.4, 0.5) is 0 Å². The predicted molar refractivity (Wildman–Crippen MR) is 218 cm³/mol. The first kappa shape index (κ1) is 49.3. The summed E-state index contributed by atoms with van der Waals surface area (Å²) in [7, 11) is 0. The fraction of sp³-hybridized carbons (Fsp3) is 0.675. The molecule has 1 heterocycles. The molecule has 58 heavy (non-hydrogen) atoms. The third kappa shape index (κ3) is 15.9. The number of carbonyl (C=O) groups excluding carboxylic acids is 6. The number of carbonyl (C=O) groups is 7. The molecule has 8 atom stereocenters. The van der Waals surface area contributed by atoms with Crippen LogP contribution >= 0.6 is 0 Å². The number of aromatic hydroxyl groups is 1. The van der Waals surface area contributed by atoms with E-state index < -0.39 is 90.1 Å². The number of benzene rings is 1. The van der Waals surface area contributed by atoms with E-state index in [0.29, 0.717) is 76.4 Å². The molecular formula is C40H67N9O9. The molecule has 326 valence electrons. The standard InChI is InChI=1S/C40H67N9O9/c1-5-24(3)33(47-36(53)30(22-26-15-17-27(50)18-16-26)46-35(52)28(43)12-7-9-19-41)38(55)44-23-32(51)49-21-11-14-31(49)37(54)48-34(25(4)6-2)39(56)45-29(40(57)58)13-8-10-20-42/h15-18,24-25,28-31,33-34,50H,5-14,19-23,41-43H2,1-4H3,(H,44,55)(H,45,56)(H,46,52)(H,47,53)(H,48,54)(H,57,58)/t24-,25-,28-,29-,30-,31-,33-,34-/m0/s1. The molecule has 0 aromatic heterocycles. The molecule has 1 aromatic rings. The Morgan fingerprint density at radius 1 is 0.759 bits per heavy atom. The molecule has 1 saturated heterocycles. The Labute approximate surface area is 341 Å². The van der Waals surface area contributed by atoms with Crippen LogP contribution in [0.2, 0.25) is 0 Å². The number of hydrogen-bond acceptors (Lipinski definition) is 11. The van der Waals surface area contributed by atoms with Gasteiger partial charge in [0, 0.05) is 13.0 Å². The minimum Gasteiger partial charge on any atom is -0.508 e. The number of phenolic OH excluding ortho intramolecular Hbond substituents is 1. The zero-order chi connectivity index (χ0) is 43.4. The van der Waals surface area contributed by atoms with E-state index in [9.17, 15) is 43.8 Å². The normalized spacial score (nSPS) is 17.4. The quantitative estimate of drug-likeness (QED) is 0.0542. The second-order valence-electron chi connectivity index (χ2n) is 15.2. The number of aliphatic carboxylic acids is 1. The molecule has 1 fully saturated rings. The second-order valence-corrected chi connectivity index (χ2v) is 15.2. The average Bonchev–Trinajstić information content (AvgIpc) is 3.71. The number of carboxylic acid groups (broad SMARTS) is 1. The molecule has 0 saturated carbocycles. The van der Waals surface area contributed by atoms with Gasteiger partial charge in [0.2, 0.25) is 35.4 Å². The predicted octanol–water partition coefficient (Wildman–Crippen LogP) is -0.257. The zero-order valence-corrected chi connectivity index (χ0v) is 34.5. The number of rotatable bonds is 26. The molecule has 0 unspecified atom stereocenters. The van der Waals surface area contributed by atoms with Crippen molar-refractivity contribution in [2.75, 3.05) is 26.2 Å². The molecule has 1 aliphatic rings. The van der Waals surface area contributed by atoms with Gasteiger partial charge in [-0.3, -0.25) is 28.8 Å². The number of nitrogens with one attached hydrogen (secondary N) is 5. The SMILES string of the molecule is CC[C@H](C)[C@H](NC(=O)[C@H](Cc1ccc(O)cc1)NC(=O)[C@@H](N)CCCCN)C(=O)NCC(=O)N1CCC[C@H]1C(=O)N[C@H](C(=O)N[C@@H](CCCCN)C(=O)O)[C@@H](C)CC. The Balaban J connectivity index is 2.16. The van der Waals surface area contributed by atoms with Gasteiger partial charge in [-0.1, -0.05) is 59.1 Å². The highest BCUT2D eigenvalue weighted by Gasteiger charge is 2.38. The number of hydrogen-bond donors (Lipinski definition) is 10. The van der Waals surface area contributed by atoms with Crippen molar-refractivity contribution in [2.24, 2.45) is 29.0 Å². The lowest BCUT2D eigenvalue weighted by molar-refractivity contribution is -0.143. The van der Waals surface area contributed by atoms with E-state index in [0.717, 1.165) is 0 Å². The van der Waals surface area contributed by atoms with Crippen LogP contribution in [0.25, 0.3) is 0 Å². The second kappa shape index (κ2) is 25.5. The molecule has 13 N–H and O–H groups in total. The van der Waals surface area contributed by atoms with Crippen molar-refractivity contribution in [1.82, 2.24) is 31.5 Å². The maximum Gasteiger partial charge on any atom is 0.326 e. The van der Waals surface area contributed by atoms with E-state index in [4.69, 9.17) is 17.2 Å². The highest BCUT2D eigenvalue weighted by Crippen LogP contribution is 2.20. The van der Waals surface area contributed by atoms with E-state index >= 15 is 0 Å². The van der Waals surface area contributed by atoms with Crippen LogP contribution in [0.15, 0.2) is 24.3 Å². The summed E-state index contributed by atoms with van der Waals surface area (Å²) in [6, 6.07) is -0.129. The fourth-order valence-corrected chi connectivity index (χ4v) is 6.63. The maximum absolute atomic E-state index is 13.8. The molecule has 2 rings (SSSR count). The third-order valence-corrected chi connectivity index (χ3v) is 10.8. The van der Waals surface area contributed by atoms with Crippen molar-refractivity contribution >= 4 is 41.4 Å². The van der Waals surface area contributed by atoms with Crippen molar-refractivity contribution in [2.45, 2.75) is 135 Å². The van der Waals surface area contributed by atoms with Crippen molar-refractivity contribution < 1.29 is 43.8 Å². The highest BCUT2D eigenvalue weighted by atomic mass is 16.4. The first-order valence-corrected chi connectivity index (χ1v) is 20.5. The van der Waals surface area contributed by atoms with Gasteiger partial charge in [0.05, 0.1) is 12.6 Å². The smallest absolute Gasteiger partial charge is 0.326 e. The first-order valence-electron chi connectivity index (χ1n) is 20.5. The molecule has 0 radical (unpaired) electrons. The Kier molecular flexibility index (Phi) is 21.7. The van der Waals surface area contributed by atoms with Crippen LogP contribution in [-0.2, 0) is 40.0 Å². The lowest BCUT2D eigenvalue weighted by Gasteiger charge is -2.30. The van der Waals surface area contributed by atoms with E-state index in [1.165, 1.54) is 17.0 Å². The molecule has 0 aliphatic carbocycles. The number of carboxylic acids is 1. The molecule has 0 bridgehead atoms. The summed E-state index contributed by atoms with van der Waals surface area (Å²) in [5, 5.41) is 32.8. The Hall–Kier alpha value is -4.81. The Morgan fingerprint density at radius 3 is 1.90 bits per heavy atom. The number of unbranched alkanes of at least 4 members (excludes halogenated alkanes) is 2. The van der Waals surface area contributed by atoms with Gasteiger partial charge in [-0.2, -0.15) is 0 Å². The van der Waals surface area contributed by atoms with Gasteiger partial charge in [0.25, 0.3) is 0 Å². The average molecular weight is 818 g/mol. The van der Waals surface area contributed by atoms with E-state index in [1.54, 1.807) is 26.0 Å². The van der Waals surface area contributed by atoms with E-state index in [-0.39, 0.29) is 31.1 Å². The van der Waals surface area contributed by atoms with Crippen LogP contribution in [0.1, 0.15) is 97.5 Å². The Morgan fingerprint density at radius 2 is 1.33 bits per heavy atom. The van der Waals surface area contributed by atoms with Gasteiger partial charge >= 0.3 is 5.97 Å². The van der Waals surface area contributed by atoms with Crippen LogP contribution in [0.5, 0.6) is 5.75 Å². The number of phenols is 1. The van der Waals surface area contributed by atoms with Crippen LogP contribution in [0.3, 0.4) is 0 Å². The van der Waals surface area contributed by atoms with Crippen molar-refractivity contribution in [3.05, 3.63) is 29.8 Å². The summed E-state index contributed by atoms with van der Waals surface area (Å²) in [5.41, 5.74) is 17.8. The molecule has 18 nitrogen and oxygen atoms in total. The molecule has 18 heteroatoms. The van der Waals surface area contributed by atoms with Crippen molar-refractivity contribution in [3.63, 3.8) is 0 Å². The molecular weight excluding hydrogens is 750 g/mol. The maximum atomic E-state index is 13.8. The van der Waals surface area contributed by atoms with Crippen molar-refractivity contribution in [1.29, 1.82) is 0 Å². The van der Waals surface area contributed by atoms with Gasteiger partial charge in [-0.25, -0.2) is 4.79 Å². The molecule has 0 spiro atoms. The number of amides is 6. The van der Waals surface area contributed by atoms with Crippen LogP contribution < -0.4 is 43.8 Å². The van der Waals surface area contributed by atoms with Crippen LogP contribution in [0, 0.1) is 11.8 Å². The number of likely N-dealkylation sites (tertiary alicyclic amines) is 1. The number of nitrogens with two attached hydrogens (primary N) is 3. The van der Waals surface area contributed by atoms with Gasteiger partial charge in [0.15, 0.2) is 0 Å². The van der Waals surface area contributed by atoms with Gasteiger partial charge in [0.1, 0.15) is 36.0 Å². The topological polar surface area (TPSA) is 301 Å². The summed E-state index contributed by atoms with van der Waals surface area (Å²) in [6.45, 7) is 7.79.